The third-order valence-electron chi connectivity index (χ3n) is 4.62. The van der Waals surface area contributed by atoms with Crippen LogP contribution in [0.5, 0.6) is 0 Å². The molecule has 0 radical (unpaired) electrons. The lowest BCUT2D eigenvalue weighted by molar-refractivity contribution is -0.137. The van der Waals surface area contributed by atoms with Crippen molar-refractivity contribution in [2.45, 2.75) is 23.4 Å². The van der Waals surface area contributed by atoms with Gasteiger partial charge < -0.3 is 0 Å². The molecule has 1 saturated carbocycles. The Balaban J connectivity index is 1.56. The second-order valence-electron chi connectivity index (χ2n) is 6.81. The second-order valence-corrected chi connectivity index (χ2v) is 8.83. The summed E-state index contributed by atoms with van der Waals surface area (Å²) in [6.07, 6.45) is -2.95. The van der Waals surface area contributed by atoms with E-state index in [9.17, 15) is 31.2 Å². The van der Waals surface area contributed by atoms with Gasteiger partial charge in [0.15, 0.2) is 9.84 Å². The molecule has 0 bridgehead atoms. The molecule has 2 aromatic rings. The number of hydrogen-bond acceptors (Lipinski definition) is 4. The number of hydrazine groups is 1. The van der Waals surface area contributed by atoms with Gasteiger partial charge in [0.2, 0.25) is 5.91 Å². The molecule has 10 heteroatoms. The third kappa shape index (κ3) is 4.94. The Morgan fingerprint density at radius 3 is 2.28 bits per heavy atom. The summed E-state index contributed by atoms with van der Waals surface area (Å²) >= 11 is 0. The fraction of sp³-hybridized carbons (Fsp3) is 0.263. The van der Waals surface area contributed by atoms with E-state index in [4.69, 9.17) is 0 Å². The van der Waals surface area contributed by atoms with Gasteiger partial charge in [0.1, 0.15) is 0 Å². The van der Waals surface area contributed by atoms with Gasteiger partial charge in [0.05, 0.1) is 10.5 Å². The number of rotatable bonds is 4. The van der Waals surface area contributed by atoms with Crippen LogP contribution in [0.2, 0.25) is 0 Å². The molecule has 2 atom stereocenters. The lowest BCUT2D eigenvalue weighted by atomic mass is 10.1. The summed E-state index contributed by atoms with van der Waals surface area (Å²) in [5.74, 6) is -1.84. The highest BCUT2D eigenvalue weighted by atomic mass is 32.2. The Morgan fingerprint density at radius 1 is 1.03 bits per heavy atom. The average molecular weight is 426 g/mol. The van der Waals surface area contributed by atoms with Crippen LogP contribution >= 0.6 is 0 Å². The van der Waals surface area contributed by atoms with E-state index in [0.29, 0.717) is 12.0 Å². The normalized spacial score (nSPS) is 18.8. The smallest absolute Gasteiger partial charge is 0.273 e. The van der Waals surface area contributed by atoms with Crippen molar-refractivity contribution in [3.63, 3.8) is 0 Å². The summed E-state index contributed by atoms with van der Waals surface area (Å²) in [5.41, 5.74) is 4.40. The Bertz CT molecular complexity index is 1050. The van der Waals surface area contributed by atoms with E-state index in [1.807, 2.05) is 0 Å². The summed E-state index contributed by atoms with van der Waals surface area (Å²) in [6, 6.07) is 9.99. The Hall–Kier alpha value is -2.88. The van der Waals surface area contributed by atoms with E-state index in [1.165, 1.54) is 36.4 Å². The van der Waals surface area contributed by atoms with Gasteiger partial charge in [-0.15, -0.1) is 0 Å². The maximum Gasteiger partial charge on any atom is 0.416 e. The van der Waals surface area contributed by atoms with Crippen molar-refractivity contribution in [3.8, 4) is 0 Å². The highest BCUT2D eigenvalue weighted by Gasteiger charge is 2.44. The number of amides is 2. The lowest BCUT2D eigenvalue weighted by Crippen LogP contribution is -2.42. The van der Waals surface area contributed by atoms with Gasteiger partial charge >= 0.3 is 6.18 Å². The molecule has 1 aliphatic carbocycles. The zero-order chi connectivity index (χ0) is 21.4. The molecule has 0 aliphatic heterocycles. The molecule has 0 heterocycles. The molecule has 0 aromatic heterocycles. The minimum atomic E-state index is -4.42. The van der Waals surface area contributed by atoms with Crippen LogP contribution in [0, 0.1) is 5.92 Å². The van der Waals surface area contributed by atoms with Crippen molar-refractivity contribution in [3.05, 3.63) is 65.2 Å². The minimum absolute atomic E-state index is 0.0268. The van der Waals surface area contributed by atoms with Gasteiger partial charge in [0, 0.05) is 17.7 Å². The number of hydrogen-bond donors (Lipinski definition) is 2. The Kier molecular flexibility index (Phi) is 5.40. The number of sulfone groups is 1. The van der Waals surface area contributed by atoms with Crippen LogP contribution in [-0.2, 0) is 20.8 Å². The van der Waals surface area contributed by atoms with Gasteiger partial charge in [-0.1, -0.05) is 18.2 Å². The summed E-state index contributed by atoms with van der Waals surface area (Å²) in [5, 5.41) is 0. The first-order chi connectivity index (χ1) is 13.5. The van der Waals surface area contributed by atoms with Crippen LogP contribution in [0.4, 0.5) is 13.2 Å². The fourth-order valence-corrected chi connectivity index (χ4v) is 3.59. The number of carbonyl (C=O) groups is 2. The highest BCUT2D eigenvalue weighted by Crippen LogP contribution is 2.47. The zero-order valence-corrected chi connectivity index (χ0v) is 16.0. The number of benzene rings is 2. The van der Waals surface area contributed by atoms with E-state index in [-0.39, 0.29) is 16.4 Å². The van der Waals surface area contributed by atoms with Crippen molar-refractivity contribution in [2.24, 2.45) is 5.92 Å². The molecule has 2 N–H and O–H groups in total. The third-order valence-corrected chi connectivity index (χ3v) is 5.73. The van der Waals surface area contributed by atoms with Gasteiger partial charge in [0.25, 0.3) is 5.91 Å². The molecular formula is C19H17F3N2O4S. The molecular weight excluding hydrogens is 409 g/mol. The predicted octanol–water partition coefficient (Wildman–Crippen LogP) is 2.67. The lowest BCUT2D eigenvalue weighted by Gasteiger charge is -2.09. The fourth-order valence-electron chi connectivity index (χ4n) is 2.92. The van der Waals surface area contributed by atoms with Gasteiger partial charge in [-0.05, 0) is 48.2 Å². The number of nitrogens with one attached hydrogen (secondary N) is 2. The Morgan fingerprint density at radius 2 is 1.69 bits per heavy atom. The first-order valence-corrected chi connectivity index (χ1v) is 10.4. The molecule has 1 aliphatic rings. The molecule has 29 heavy (non-hydrogen) atoms. The molecule has 2 aromatic carbocycles. The number of halogens is 3. The minimum Gasteiger partial charge on any atom is -0.273 e. The standard InChI is InChI=1S/C19H17F3N2O4S/c1-29(27,28)14-4-2-3-12(9-14)17(25)23-24-18(26)16-10-15(16)11-5-7-13(8-6-11)19(20,21)22/h2-9,15-16H,10H2,1H3,(H,23,25)(H,24,26). The first-order valence-electron chi connectivity index (χ1n) is 8.54. The van der Waals surface area contributed by atoms with Crippen molar-refractivity contribution >= 4 is 21.7 Å². The zero-order valence-electron chi connectivity index (χ0n) is 15.2. The van der Waals surface area contributed by atoms with Crippen LogP contribution in [0.1, 0.15) is 33.8 Å². The molecule has 3 rings (SSSR count). The van der Waals surface area contributed by atoms with E-state index in [1.54, 1.807) is 0 Å². The molecule has 0 spiro atoms. The molecule has 6 nitrogen and oxygen atoms in total. The van der Waals surface area contributed by atoms with Crippen molar-refractivity contribution in [1.82, 2.24) is 10.9 Å². The molecule has 2 amide bonds. The molecule has 1 fully saturated rings. The van der Waals surface area contributed by atoms with Crippen LogP contribution in [0.25, 0.3) is 0 Å². The summed E-state index contributed by atoms with van der Waals surface area (Å²) in [6.45, 7) is 0. The molecule has 154 valence electrons. The quantitative estimate of drug-likeness (QED) is 0.736. The SMILES string of the molecule is CS(=O)(=O)c1cccc(C(=O)NNC(=O)C2CC2c2ccc(C(F)(F)F)cc2)c1. The molecule has 2 unspecified atom stereocenters. The summed E-state index contributed by atoms with van der Waals surface area (Å²) < 4.78 is 60.9. The average Bonchev–Trinajstić information content (AvgIpc) is 3.45. The second kappa shape index (κ2) is 7.51. The maximum absolute atomic E-state index is 12.6. The van der Waals surface area contributed by atoms with E-state index in [2.05, 4.69) is 10.9 Å². The predicted molar refractivity (Wildman–Crippen MR) is 97.5 cm³/mol. The highest BCUT2D eigenvalue weighted by molar-refractivity contribution is 7.90. The van der Waals surface area contributed by atoms with E-state index in [0.717, 1.165) is 18.4 Å². The van der Waals surface area contributed by atoms with Crippen LogP contribution in [-0.4, -0.2) is 26.5 Å². The van der Waals surface area contributed by atoms with Gasteiger partial charge in [-0.25, -0.2) is 8.42 Å². The monoisotopic (exact) mass is 426 g/mol. The largest absolute Gasteiger partial charge is 0.416 e. The molecule has 0 saturated heterocycles. The van der Waals surface area contributed by atoms with Gasteiger partial charge in [-0.3, -0.25) is 20.4 Å². The van der Waals surface area contributed by atoms with Crippen LogP contribution in [0.3, 0.4) is 0 Å². The summed E-state index contributed by atoms with van der Waals surface area (Å²) in [7, 11) is -3.48. The topological polar surface area (TPSA) is 92.3 Å². The van der Waals surface area contributed by atoms with Gasteiger partial charge in [-0.2, -0.15) is 13.2 Å². The Labute approximate surface area is 165 Å². The van der Waals surface area contributed by atoms with Crippen molar-refractivity contribution in [2.75, 3.05) is 6.26 Å². The van der Waals surface area contributed by atoms with Crippen molar-refractivity contribution < 1.29 is 31.2 Å². The van der Waals surface area contributed by atoms with E-state index < -0.39 is 39.3 Å². The van der Waals surface area contributed by atoms with Crippen LogP contribution in [0.15, 0.2) is 53.4 Å². The number of alkyl halides is 3. The van der Waals surface area contributed by atoms with E-state index >= 15 is 0 Å². The summed E-state index contributed by atoms with van der Waals surface area (Å²) in [4.78, 5) is 24.3. The number of carbonyl (C=O) groups excluding carboxylic acids is 2. The first kappa shape index (κ1) is 20.8. The maximum atomic E-state index is 12.6. The van der Waals surface area contributed by atoms with Crippen molar-refractivity contribution in [1.29, 1.82) is 0 Å². The van der Waals surface area contributed by atoms with Crippen LogP contribution < -0.4 is 10.9 Å².